The van der Waals surface area contributed by atoms with E-state index in [1.165, 1.54) is 16.2 Å². The average molecular weight is 460 g/mol. The first kappa shape index (κ1) is 25.4. The van der Waals surface area contributed by atoms with Crippen molar-refractivity contribution >= 4 is 39.8 Å². The van der Waals surface area contributed by atoms with Crippen LogP contribution in [-0.4, -0.2) is 50.4 Å². The van der Waals surface area contributed by atoms with Crippen molar-refractivity contribution in [3.8, 4) is 0 Å². The number of benzene rings is 1. The molecule has 2 amide bonds. The SMILES string of the molecule is Cc1sc(NC(=O)C(C)(C)C)c(C(=O)OCC(=O)N(C)Cc2ccc(N(C)C)cc2)c1C. The van der Waals surface area contributed by atoms with Gasteiger partial charge in [-0.1, -0.05) is 32.9 Å². The first-order chi connectivity index (χ1) is 14.8. The second kappa shape index (κ2) is 10.2. The lowest BCUT2D eigenvalue weighted by atomic mass is 9.96. The molecule has 1 aromatic heterocycles. The van der Waals surface area contributed by atoms with Crippen LogP contribution >= 0.6 is 11.3 Å². The van der Waals surface area contributed by atoms with E-state index in [0.29, 0.717) is 17.1 Å². The summed E-state index contributed by atoms with van der Waals surface area (Å²) >= 11 is 1.33. The summed E-state index contributed by atoms with van der Waals surface area (Å²) in [4.78, 5) is 42.1. The van der Waals surface area contributed by atoms with Gasteiger partial charge in [-0.2, -0.15) is 0 Å². The van der Waals surface area contributed by atoms with Crippen LogP contribution < -0.4 is 10.2 Å². The molecule has 0 aliphatic heterocycles. The zero-order chi connectivity index (χ0) is 24.2. The molecule has 1 heterocycles. The number of thiophene rings is 1. The number of anilines is 2. The number of carbonyl (C=O) groups is 3. The summed E-state index contributed by atoms with van der Waals surface area (Å²) in [7, 11) is 5.61. The van der Waals surface area contributed by atoms with Gasteiger partial charge in [-0.05, 0) is 37.1 Å². The summed E-state index contributed by atoms with van der Waals surface area (Å²) < 4.78 is 5.32. The summed E-state index contributed by atoms with van der Waals surface area (Å²) in [5, 5.41) is 3.28. The van der Waals surface area contributed by atoms with Gasteiger partial charge in [-0.15, -0.1) is 11.3 Å². The van der Waals surface area contributed by atoms with E-state index in [2.05, 4.69) is 5.32 Å². The van der Waals surface area contributed by atoms with Gasteiger partial charge >= 0.3 is 5.97 Å². The van der Waals surface area contributed by atoms with Crippen molar-refractivity contribution in [3.63, 3.8) is 0 Å². The molecule has 0 radical (unpaired) electrons. The lowest BCUT2D eigenvalue weighted by Gasteiger charge is -2.19. The molecule has 0 aliphatic rings. The van der Waals surface area contributed by atoms with E-state index in [-0.39, 0.29) is 18.4 Å². The molecule has 1 N–H and O–H groups in total. The maximum absolute atomic E-state index is 12.8. The number of aryl methyl sites for hydroxylation is 1. The van der Waals surface area contributed by atoms with Crippen molar-refractivity contribution in [2.45, 2.75) is 41.2 Å². The van der Waals surface area contributed by atoms with Gasteiger partial charge in [0.15, 0.2) is 6.61 Å². The molecule has 174 valence electrons. The normalized spacial score (nSPS) is 11.1. The third-order valence-electron chi connectivity index (χ3n) is 5.12. The van der Waals surface area contributed by atoms with Gasteiger partial charge in [-0.25, -0.2) is 4.79 Å². The van der Waals surface area contributed by atoms with Crippen LogP contribution in [0.15, 0.2) is 24.3 Å². The lowest BCUT2D eigenvalue weighted by molar-refractivity contribution is -0.133. The van der Waals surface area contributed by atoms with E-state index < -0.39 is 11.4 Å². The van der Waals surface area contributed by atoms with Crippen LogP contribution in [0.4, 0.5) is 10.7 Å². The predicted molar refractivity (Wildman–Crippen MR) is 129 cm³/mol. The summed E-state index contributed by atoms with van der Waals surface area (Å²) in [5.41, 5.74) is 2.50. The minimum absolute atomic E-state index is 0.191. The molecule has 0 saturated carbocycles. The number of carbonyl (C=O) groups excluding carboxylic acids is 3. The number of hydrogen-bond acceptors (Lipinski definition) is 6. The number of hydrogen-bond donors (Lipinski definition) is 1. The molecule has 32 heavy (non-hydrogen) atoms. The van der Waals surface area contributed by atoms with Crippen molar-refractivity contribution in [1.29, 1.82) is 0 Å². The van der Waals surface area contributed by atoms with E-state index in [0.717, 1.165) is 21.7 Å². The lowest BCUT2D eigenvalue weighted by Crippen LogP contribution is -2.31. The number of ether oxygens (including phenoxy) is 1. The molecule has 0 fully saturated rings. The van der Waals surface area contributed by atoms with Crippen molar-refractivity contribution in [2.24, 2.45) is 5.41 Å². The molecule has 0 bridgehead atoms. The Morgan fingerprint density at radius 1 is 1.03 bits per heavy atom. The van der Waals surface area contributed by atoms with Gasteiger partial charge in [0.1, 0.15) is 5.00 Å². The third kappa shape index (κ3) is 6.32. The Morgan fingerprint density at radius 3 is 2.16 bits per heavy atom. The fraction of sp³-hybridized carbons (Fsp3) is 0.458. The Hall–Kier alpha value is -2.87. The number of rotatable bonds is 7. The Morgan fingerprint density at radius 2 is 1.62 bits per heavy atom. The molecule has 8 heteroatoms. The van der Waals surface area contributed by atoms with Crippen LogP contribution in [0.5, 0.6) is 0 Å². The molecule has 2 rings (SSSR count). The zero-order valence-corrected chi connectivity index (χ0v) is 21.0. The van der Waals surface area contributed by atoms with E-state index in [1.54, 1.807) is 34.7 Å². The van der Waals surface area contributed by atoms with Gasteiger partial charge in [0.25, 0.3) is 5.91 Å². The molecular weight excluding hydrogens is 426 g/mol. The minimum atomic E-state index is -0.617. The Kier molecular flexibility index (Phi) is 8.07. The first-order valence-electron chi connectivity index (χ1n) is 10.4. The van der Waals surface area contributed by atoms with Crippen LogP contribution in [0.3, 0.4) is 0 Å². The van der Waals surface area contributed by atoms with Crippen molar-refractivity contribution in [1.82, 2.24) is 4.90 Å². The van der Waals surface area contributed by atoms with Crippen molar-refractivity contribution < 1.29 is 19.1 Å². The highest BCUT2D eigenvalue weighted by Crippen LogP contribution is 2.34. The molecule has 1 aromatic carbocycles. The van der Waals surface area contributed by atoms with Gasteiger partial charge in [0, 0.05) is 43.7 Å². The van der Waals surface area contributed by atoms with Crippen molar-refractivity contribution in [3.05, 3.63) is 45.8 Å². The fourth-order valence-electron chi connectivity index (χ4n) is 2.82. The number of nitrogens with one attached hydrogen (secondary N) is 1. The number of nitrogens with zero attached hydrogens (tertiary/aromatic N) is 2. The monoisotopic (exact) mass is 459 g/mol. The predicted octanol–water partition coefficient (Wildman–Crippen LogP) is 4.23. The van der Waals surface area contributed by atoms with Crippen LogP contribution in [0.1, 0.15) is 47.1 Å². The summed E-state index contributed by atoms with van der Waals surface area (Å²) in [6.45, 7) is 9.13. The highest BCUT2D eigenvalue weighted by Gasteiger charge is 2.27. The quantitative estimate of drug-likeness (QED) is 0.627. The van der Waals surface area contributed by atoms with Crippen molar-refractivity contribution in [2.75, 3.05) is 38.0 Å². The van der Waals surface area contributed by atoms with Gasteiger partial charge in [-0.3, -0.25) is 9.59 Å². The Balaban J connectivity index is 2.02. The van der Waals surface area contributed by atoms with Crippen LogP contribution in [0.25, 0.3) is 0 Å². The van der Waals surface area contributed by atoms with Gasteiger partial charge in [0.2, 0.25) is 5.91 Å². The Labute approximate surface area is 194 Å². The van der Waals surface area contributed by atoms with Crippen LogP contribution in [0, 0.1) is 19.3 Å². The standard InChI is InChI=1S/C24H33N3O4S/c1-15-16(2)32-21(25-23(30)24(3,4)5)20(15)22(29)31-14-19(28)27(8)13-17-9-11-18(12-10-17)26(6)7/h9-12H,13-14H2,1-8H3,(H,25,30). The van der Waals surface area contributed by atoms with Gasteiger partial charge < -0.3 is 19.9 Å². The summed E-state index contributed by atoms with van der Waals surface area (Å²) in [6.07, 6.45) is 0. The molecule has 0 spiro atoms. The van der Waals surface area contributed by atoms with Crippen LogP contribution in [0.2, 0.25) is 0 Å². The van der Waals surface area contributed by atoms with E-state index in [9.17, 15) is 14.4 Å². The van der Waals surface area contributed by atoms with E-state index >= 15 is 0 Å². The molecule has 0 unspecified atom stereocenters. The number of esters is 1. The first-order valence-corrected chi connectivity index (χ1v) is 11.2. The molecule has 7 nitrogen and oxygen atoms in total. The second-order valence-electron chi connectivity index (χ2n) is 9.08. The largest absolute Gasteiger partial charge is 0.452 e. The molecule has 2 aromatic rings. The zero-order valence-electron chi connectivity index (χ0n) is 20.2. The fourth-order valence-corrected chi connectivity index (χ4v) is 3.87. The van der Waals surface area contributed by atoms with Gasteiger partial charge in [0.05, 0.1) is 5.56 Å². The smallest absolute Gasteiger partial charge is 0.341 e. The molecule has 0 saturated heterocycles. The highest BCUT2D eigenvalue weighted by molar-refractivity contribution is 7.16. The minimum Gasteiger partial charge on any atom is -0.452 e. The molecular formula is C24H33N3O4S. The third-order valence-corrected chi connectivity index (χ3v) is 6.25. The summed E-state index contributed by atoms with van der Waals surface area (Å²) in [5.74, 6) is -1.11. The topological polar surface area (TPSA) is 78.9 Å². The Bertz CT molecular complexity index is 988. The number of amides is 2. The maximum Gasteiger partial charge on any atom is 0.341 e. The number of likely N-dealkylation sites (N-methyl/N-ethyl adjacent to an activating group) is 1. The summed E-state index contributed by atoms with van der Waals surface area (Å²) in [6, 6.07) is 7.91. The van der Waals surface area contributed by atoms with E-state index in [4.69, 9.17) is 4.74 Å². The van der Waals surface area contributed by atoms with Crippen LogP contribution in [-0.2, 0) is 20.9 Å². The second-order valence-corrected chi connectivity index (χ2v) is 10.3. The highest BCUT2D eigenvalue weighted by atomic mass is 32.1. The average Bonchev–Trinajstić information content (AvgIpc) is 2.98. The van der Waals surface area contributed by atoms with E-state index in [1.807, 2.05) is 50.2 Å². The maximum atomic E-state index is 12.8. The molecule has 0 atom stereocenters. The molecule has 0 aliphatic carbocycles.